The molecule has 9 atom stereocenters. The van der Waals surface area contributed by atoms with Crippen LogP contribution in [0.25, 0.3) is 0 Å². The minimum absolute atomic E-state index is 0.0385. The fourth-order valence-corrected chi connectivity index (χ4v) is 9.30. The first-order chi connectivity index (χ1) is 38.9. The molecule has 82 heavy (non-hydrogen) atoms. The summed E-state index contributed by atoms with van der Waals surface area (Å²) in [6.45, 7) is 7.81. The van der Waals surface area contributed by atoms with Crippen LogP contribution in [0, 0.1) is 11.8 Å². The Morgan fingerprint density at radius 1 is 0.585 bits per heavy atom. The molecule has 26 heteroatoms. The van der Waals surface area contributed by atoms with Crippen molar-refractivity contribution < 1.29 is 53.1 Å². The first kappa shape index (κ1) is 68.6. The standard InChI is InChI=1S/C56H89N15O11/c1-33(2)29-43(55(81)82)69-53(79)46(34(3)4)70-51(77)41(31-36-19-9-6-10-20-36)67-48(74)38(22-11-13-25-57)64-49(75)40(30-35-17-7-5-8-18-35)68-52(78)44-24-16-28-71(44)54(80)39(23-12-14-26-58)65-50(76)42(32-45(60)72)66-47(73)37(59)21-15-27-63-56(61)62/h5-10,17-20,33-34,37-44,46H,11-16,21-32,57-59H2,1-4H3,(H2,60,72)(H,64,75)(H,65,76)(H,66,73)(H,67,74)(H,68,78)(H,69,79)(H,70,77)(H,81,82)(H4,61,62,63)/t37-,38-,39-,40-,41-,42-,43-,44-,46-/m0/s1. The lowest BCUT2D eigenvalue weighted by Crippen LogP contribution is -2.61. The highest BCUT2D eigenvalue weighted by molar-refractivity contribution is 5.99. The van der Waals surface area contributed by atoms with Gasteiger partial charge in [0.15, 0.2) is 5.96 Å². The van der Waals surface area contributed by atoms with Gasteiger partial charge in [0.2, 0.25) is 53.2 Å². The molecular formula is C56H89N15O11. The number of hydrogen-bond donors (Lipinski definition) is 14. The van der Waals surface area contributed by atoms with Crippen LogP contribution in [0.1, 0.15) is 116 Å². The molecule has 1 saturated heterocycles. The number of unbranched alkanes of at least 4 members (excludes halogenated alkanes) is 2. The van der Waals surface area contributed by atoms with Gasteiger partial charge in [-0.25, -0.2) is 4.79 Å². The number of carboxylic acid groups (broad SMARTS) is 1. The van der Waals surface area contributed by atoms with Gasteiger partial charge in [0.05, 0.1) is 12.5 Å². The second-order valence-corrected chi connectivity index (χ2v) is 21.4. The maximum absolute atomic E-state index is 14.7. The largest absolute Gasteiger partial charge is 0.480 e. The molecule has 454 valence electrons. The van der Waals surface area contributed by atoms with E-state index in [1.54, 1.807) is 74.5 Å². The molecule has 3 rings (SSSR count). The molecule has 0 radical (unpaired) electrons. The van der Waals surface area contributed by atoms with Crippen molar-refractivity contribution in [3.05, 3.63) is 71.8 Å². The summed E-state index contributed by atoms with van der Waals surface area (Å²) >= 11 is 0. The first-order valence-electron chi connectivity index (χ1n) is 28.2. The number of rotatable bonds is 37. The molecule has 0 aliphatic carbocycles. The molecule has 2 aromatic rings. The third-order valence-corrected chi connectivity index (χ3v) is 13.7. The van der Waals surface area contributed by atoms with Gasteiger partial charge in [-0.3, -0.25) is 48.1 Å². The normalized spacial score (nSPS) is 16.0. The van der Waals surface area contributed by atoms with Crippen LogP contribution in [-0.4, -0.2) is 156 Å². The summed E-state index contributed by atoms with van der Waals surface area (Å²) in [7, 11) is 0. The molecule has 1 heterocycles. The number of aliphatic imine (C=N–C) groups is 1. The maximum Gasteiger partial charge on any atom is 0.326 e. The van der Waals surface area contributed by atoms with E-state index >= 15 is 0 Å². The summed E-state index contributed by atoms with van der Waals surface area (Å²) in [6.07, 6.45) is 2.21. The molecule has 26 nitrogen and oxygen atoms in total. The molecule has 2 aromatic carbocycles. The number of guanidine groups is 1. The number of carboxylic acids is 1. The van der Waals surface area contributed by atoms with Crippen LogP contribution < -0.4 is 71.6 Å². The Labute approximate surface area is 479 Å². The zero-order valence-corrected chi connectivity index (χ0v) is 47.7. The van der Waals surface area contributed by atoms with Crippen molar-refractivity contribution >= 4 is 65.1 Å². The van der Waals surface area contributed by atoms with Gasteiger partial charge in [-0.05, 0) is 107 Å². The van der Waals surface area contributed by atoms with E-state index in [1.807, 2.05) is 13.8 Å². The Morgan fingerprint density at radius 3 is 1.60 bits per heavy atom. The van der Waals surface area contributed by atoms with Gasteiger partial charge in [0.25, 0.3) is 0 Å². The minimum atomic E-state index is -1.52. The molecule has 0 spiro atoms. The van der Waals surface area contributed by atoms with Crippen LogP contribution in [0.4, 0.5) is 0 Å². The van der Waals surface area contributed by atoms with Crippen molar-refractivity contribution in [3.63, 3.8) is 0 Å². The fourth-order valence-electron chi connectivity index (χ4n) is 9.30. The van der Waals surface area contributed by atoms with Gasteiger partial charge < -0.3 is 81.6 Å². The van der Waals surface area contributed by atoms with E-state index < -0.39 is 126 Å². The average Bonchev–Trinajstić information content (AvgIpc) is 4.05. The minimum Gasteiger partial charge on any atom is -0.480 e. The predicted molar refractivity (Wildman–Crippen MR) is 308 cm³/mol. The number of nitrogens with zero attached hydrogens (tertiary/aromatic N) is 2. The highest BCUT2D eigenvalue weighted by Gasteiger charge is 2.41. The first-order valence-corrected chi connectivity index (χ1v) is 28.2. The van der Waals surface area contributed by atoms with Gasteiger partial charge >= 0.3 is 5.97 Å². The Morgan fingerprint density at radius 2 is 1.07 bits per heavy atom. The van der Waals surface area contributed by atoms with Crippen LogP contribution in [0.15, 0.2) is 65.7 Å². The van der Waals surface area contributed by atoms with E-state index in [1.165, 1.54) is 4.90 Å². The second-order valence-electron chi connectivity index (χ2n) is 21.4. The number of hydrogen-bond acceptors (Lipinski definition) is 14. The summed E-state index contributed by atoms with van der Waals surface area (Å²) in [5.74, 6) is -8.87. The van der Waals surface area contributed by atoms with E-state index in [0.717, 1.165) is 0 Å². The van der Waals surface area contributed by atoms with Crippen molar-refractivity contribution in [3.8, 4) is 0 Å². The quantitative estimate of drug-likeness (QED) is 0.0201. The lowest BCUT2D eigenvalue weighted by Gasteiger charge is -2.31. The van der Waals surface area contributed by atoms with Crippen LogP contribution in [0.5, 0.6) is 0 Å². The monoisotopic (exact) mass is 1150 g/mol. The molecule has 1 fully saturated rings. The van der Waals surface area contributed by atoms with E-state index in [9.17, 15) is 53.1 Å². The van der Waals surface area contributed by atoms with E-state index in [0.29, 0.717) is 49.7 Å². The van der Waals surface area contributed by atoms with Crippen molar-refractivity contribution in [1.29, 1.82) is 0 Å². The number of nitrogens with two attached hydrogens (primary N) is 6. The summed E-state index contributed by atoms with van der Waals surface area (Å²) in [5, 5.41) is 28.7. The van der Waals surface area contributed by atoms with E-state index in [2.05, 4.69) is 42.2 Å². The van der Waals surface area contributed by atoms with Gasteiger partial charge in [0, 0.05) is 25.9 Å². The van der Waals surface area contributed by atoms with Crippen LogP contribution in [-0.2, 0) is 60.8 Å². The number of aliphatic carboxylic acids is 1. The van der Waals surface area contributed by atoms with Gasteiger partial charge in [-0.15, -0.1) is 0 Å². The second kappa shape index (κ2) is 35.9. The predicted octanol–water partition coefficient (Wildman–Crippen LogP) is -1.84. The molecular weight excluding hydrogens is 1060 g/mol. The van der Waals surface area contributed by atoms with Crippen molar-refractivity contribution in [1.82, 2.24) is 42.1 Å². The van der Waals surface area contributed by atoms with Crippen LogP contribution >= 0.6 is 0 Å². The molecule has 1 aliphatic heterocycles. The SMILES string of the molecule is CC(C)C[C@H](NC(=O)[C@@H](NC(=O)[C@H](Cc1ccccc1)NC(=O)[C@H](CCCCN)NC(=O)[C@H](Cc1ccccc1)NC(=O)[C@@H]1CCCN1C(=O)[C@H](CCCCN)NC(=O)[C@H](CC(N)=O)NC(=O)[C@@H](N)CCCN=C(N)N)C(C)C)C(=O)O. The Balaban J connectivity index is 1.93. The molecule has 0 aromatic heterocycles. The molecule has 0 bridgehead atoms. The van der Waals surface area contributed by atoms with Gasteiger partial charge in [-0.1, -0.05) is 88.4 Å². The molecule has 20 N–H and O–H groups in total. The Hall–Kier alpha value is -7.71. The number of carbonyl (C=O) groups is 10. The van der Waals surface area contributed by atoms with Crippen LogP contribution in [0.3, 0.4) is 0 Å². The van der Waals surface area contributed by atoms with Crippen molar-refractivity contribution in [2.24, 2.45) is 51.2 Å². The average molecular weight is 1150 g/mol. The van der Waals surface area contributed by atoms with Gasteiger partial charge in [-0.2, -0.15) is 0 Å². The highest BCUT2D eigenvalue weighted by Crippen LogP contribution is 2.21. The molecule has 0 saturated carbocycles. The zero-order valence-electron chi connectivity index (χ0n) is 47.7. The number of benzene rings is 2. The molecule has 9 amide bonds. The zero-order chi connectivity index (χ0) is 60.9. The fraction of sp³-hybridized carbons (Fsp3) is 0.589. The number of amides is 9. The van der Waals surface area contributed by atoms with Crippen molar-refractivity contribution in [2.75, 3.05) is 26.2 Å². The Bertz CT molecular complexity index is 2450. The summed E-state index contributed by atoms with van der Waals surface area (Å²) < 4.78 is 0. The number of nitrogens with one attached hydrogen (secondary N) is 7. The maximum atomic E-state index is 14.7. The topological polar surface area (TPSA) is 447 Å². The lowest BCUT2D eigenvalue weighted by molar-refractivity contribution is -0.143. The summed E-state index contributed by atoms with van der Waals surface area (Å²) in [4.78, 5) is 143. The summed E-state index contributed by atoms with van der Waals surface area (Å²) in [6, 6.07) is 6.20. The third kappa shape index (κ3) is 24.2. The number of carbonyl (C=O) groups excluding carboxylic acids is 9. The molecule has 1 aliphatic rings. The lowest BCUT2D eigenvalue weighted by atomic mass is 9.99. The number of likely N-dealkylation sites (tertiary alicyclic amines) is 1. The van der Waals surface area contributed by atoms with E-state index in [4.69, 9.17) is 34.4 Å². The number of primary amides is 1. The molecule has 0 unspecified atom stereocenters. The highest BCUT2D eigenvalue weighted by atomic mass is 16.4. The Kier molecular flexibility index (Phi) is 30.0. The van der Waals surface area contributed by atoms with Gasteiger partial charge in [0.1, 0.15) is 48.3 Å². The van der Waals surface area contributed by atoms with Crippen LogP contribution in [0.2, 0.25) is 0 Å². The van der Waals surface area contributed by atoms with E-state index in [-0.39, 0.29) is 83.0 Å². The smallest absolute Gasteiger partial charge is 0.326 e. The third-order valence-electron chi connectivity index (χ3n) is 13.7. The summed E-state index contributed by atoms with van der Waals surface area (Å²) in [5.41, 5.74) is 35.2. The van der Waals surface area contributed by atoms with Crippen molar-refractivity contribution in [2.45, 2.75) is 172 Å².